The predicted molar refractivity (Wildman–Crippen MR) is 45.7 cm³/mol. The molecule has 0 saturated heterocycles. The average molecular weight is 219 g/mol. The van der Waals surface area contributed by atoms with Gasteiger partial charge in [0, 0.05) is 18.7 Å². The summed E-state index contributed by atoms with van der Waals surface area (Å²) in [5, 5.41) is 10.4. The molecule has 0 spiro atoms. The molecule has 0 atom stereocenters. The molecule has 82 valence electrons. The van der Waals surface area contributed by atoms with E-state index in [1.807, 2.05) is 0 Å². The highest BCUT2D eigenvalue weighted by molar-refractivity contribution is 5.94. The van der Waals surface area contributed by atoms with Crippen molar-refractivity contribution in [1.82, 2.24) is 5.32 Å². The minimum Gasteiger partial charge on any atom is -0.395 e. The highest BCUT2D eigenvalue weighted by atomic mass is 19.1. The van der Waals surface area contributed by atoms with Crippen molar-refractivity contribution in [2.75, 3.05) is 13.2 Å². The van der Waals surface area contributed by atoms with Crippen LogP contribution in [0.5, 0.6) is 0 Å². The van der Waals surface area contributed by atoms with Crippen molar-refractivity contribution >= 4 is 5.91 Å². The molecule has 0 bridgehead atoms. The number of rotatable bonds is 3. The molecule has 1 aromatic rings. The molecule has 6 heteroatoms. The molecule has 15 heavy (non-hydrogen) atoms. The summed E-state index contributed by atoms with van der Waals surface area (Å²) in [5.74, 6) is -4.67. The minimum atomic E-state index is -1.28. The molecule has 0 unspecified atom stereocenters. The SMILES string of the molecule is O=C(NCCO)c1c(F)cc(F)cc1F. The van der Waals surface area contributed by atoms with E-state index in [1.165, 1.54) is 0 Å². The highest BCUT2D eigenvalue weighted by Gasteiger charge is 2.18. The lowest BCUT2D eigenvalue weighted by molar-refractivity contribution is 0.0936. The summed E-state index contributed by atoms with van der Waals surface area (Å²) in [6.07, 6.45) is 0. The second-order valence-corrected chi connectivity index (χ2v) is 2.72. The Kier molecular flexibility index (Phi) is 3.68. The molecular weight excluding hydrogens is 211 g/mol. The van der Waals surface area contributed by atoms with Crippen LogP contribution in [0.25, 0.3) is 0 Å². The van der Waals surface area contributed by atoms with Crippen LogP contribution in [0.1, 0.15) is 10.4 Å². The smallest absolute Gasteiger partial charge is 0.257 e. The zero-order chi connectivity index (χ0) is 11.4. The number of nitrogens with one attached hydrogen (secondary N) is 1. The molecule has 0 heterocycles. The van der Waals surface area contributed by atoms with Crippen LogP contribution in [0, 0.1) is 17.5 Å². The third-order valence-corrected chi connectivity index (χ3v) is 1.63. The number of hydrogen-bond acceptors (Lipinski definition) is 2. The van der Waals surface area contributed by atoms with Gasteiger partial charge >= 0.3 is 0 Å². The van der Waals surface area contributed by atoms with E-state index in [4.69, 9.17) is 5.11 Å². The first-order valence-corrected chi connectivity index (χ1v) is 4.10. The van der Waals surface area contributed by atoms with Gasteiger partial charge in [-0.2, -0.15) is 0 Å². The van der Waals surface area contributed by atoms with E-state index in [0.29, 0.717) is 12.1 Å². The fourth-order valence-electron chi connectivity index (χ4n) is 1.02. The summed E-state index contributed by atoms with van der Waals surface area (Å²) in [7, 11) is 0. The average Bonchev–Trinajstić information content (AvgIpc) is 2.12. The summed E-state index contributed by atoms with van der Waals surface area (Å²) < 4.78 is 38.4. The third-order valence-electron chi connectivity index (χ3n) is 1.63. The quantitative estimate of drug-likeness (QED) is 0.790. The first kappa shape index (κ1) is 11.5. The normalized spacial score (nSPS) is 10.1. The number of carbonyl (C=O) groups is 1. The fourth-order valence-corrected chi connectivity index (χ4v) is 1.02. The first-order chi connectivity index (χ1) is 7.06. The number of carbonyl (C=O) groups excluding carboxylic acids is 1. The molecule has 3 nitrogen and oxygen atoms in total. The second-order valence-electron chi connectivity index (χ2n) is 2.72. The Morgan fingerprint density at radius 2 is 1.80 bits per heavy atom. The molecule has 1 aromatic carbocycles. The lowest BCUT2D eigenvalue weighted by atomic mass is 10.2. The van der Waals surface area contributed by atoms with E-state index in [1.54, 1.807) is 0 Å². The van der Waals surface area contributed by atoms with Crippen LogP contribution >= 0.6 is 0 Å². The summed E-state index contributed by atoms with van der Waals surface area (Å²) in [5.41, 5.74) is -0.857. The Morgan fingerprint density at radius 3 is 2.27 bits per heavy atom. The molecule has 0 aliphatic heterocycles. The number of aliphatic hydroxyl groups excluding tert-OH is 1. The van der Waals surface area contributed by atoms with E-state index < -0.39 is 28.9 Å². The molecule has 1 amide bonds. The molecule has 0 fully saturated rings. The van der Waals surface area contributed by atoms with Crippen molar-refractivity contribution in [1.29, 1.82) is 0 Å². The summed E-state index contributed by atoms with van der Waals surface area (Å²) in [6, 6.07) is 0.827. The van der Waals surface area contributed by atoms with Gasteiger partial charge in [0.25, 0.3) is 5.91 Å². The first-order valence-electron chi connectivity index (χ1n) is 4.10. The van der Waals surface area contributed by atoms with Gasteiger partial charge in [0.15, 0.2) is 0 Å². The van der Waals surface area contributed by atoms with Gasteiger partial charge < -0.3 is 10.4 Å². The van der Waals surface area contributed by atoms with Gasteiger partial charge in [0.2, 0.25) is 0 Å². The largest absolute Gasteiger partial charge is 0.395 e. The molecule has 2 N–H and O–H groups in total. The maximum Gasteiger partial charge on any atom is 0.257 e. The van der Waals surface area contributed by atoms with Crippen molar-refractivity contribution in [3.8, 4) is 0 Å². The van der Waals surface area contributed by atoms with Gasteiger partial charge in [0.05, 0.1) is 6.61 Å². The van der Waals surface area contributed by atoms with Crippen molar-refractivity contribution in [2.24, 2.45) is 0 Å². The van der Waals surface area contributed by atoms with Crippen LogP contribution in [0.2, 0.25) is 0 Å². The molecular formula is C9H8F3NO2. The Hall–Kier alpha value is -1.56. The maximum atomic E-state index is 13.0. The van der Waals surface area contributed by atoms with Crippen molar-refractivity contribution in [3.63, 3.8) is 0 Å². The Morgan fingerprint density at radius 1 is 1.27 bits per heavy atom. The summed E-state index contributed by atoms with van der Waals surface area (Å²) in [6.45, 7) is -0.481. The topological polar surface area (TPSA) is 49.3 Å². The molecule has 0 aromatic heterocycles. The van der Waals surface area contributed by atoms with Gasteiger partial charge in [-0.15, -0.1) is 0 Å². The number of amides is 1. The van der Waals surface area contributed by atoms with E-state index in [2.05, 4.69) is 5.32 Å². The second kappa shape index (κ2) is 4.79. The van der Waals surface area contributed by atoms with Crippen molar-refractivity contribution in [3.05, 3.63) is 35.1 Å². The number of hydrogen-bond donors (Lipinski definition) is 2. The van der Waals surface area contributed by atoms with Crippen LogP contribution in [0.15, 0.2) is 12.1 Å². The monoisotopic (exact) mass is 219 g/mol. The van der Waals surface area contributed by atoms with Gasteiger partial charge in [-0.25, -0.2) is 13.2 Å². The molecule has 1 rings (SSSR count). The number of benzene rings is 1. The van der Waals surface area contributed by atoms with E-state index in [9.17, 15) is 18.0 Å². The maximum absolute atomic E-state index is 13.0. The van der Waals surface area contributed by atoms with E-state index >= 15 is 0 Å². The van der Waals surface area contributed by atoms with Crippen LogP contribution < -0.4 is 5.32 Å². The lowest BCUT2D eigenvalue weighted by Crippen LogP contribution is -2.28. The van der Waals surface area contributed by atoms with Gasteiger partial charge in [-0.3, -0.25) is 4.79 Å². The molecule has 0 aliphatic rings. The standard InChI is InChI=1S/C9H8F3NO2/c10-5-3-6(11)8(7(12)4-5)9(15)13-1-2-14/h3-4,14H,1-2H2,(H,13,15). The fraction of sp³-hybridized carbons (Fsp3) is 0.222. The zero-order valence-corrected chi connectivity index (χ0v) is 7.56. The zero-order valence-electron chi connectivity index (χ0n) is 7.56. The number of aliphatic hydroxyl groups is 1. The summed E-state index contributed by atoms with van der Waals surface area (Å²) in [4.78, 5) is 11.1. The van der Waals surface area contributed by atoms with Crippen LogP contribution in [-0.2, 0) is 0 Å². The van der Waals surface area contributed by atoms with Crippen LogP contribution in [0.3, 0.4) is 0 Å². The van der Waals surface area contributed by atoms with Gasteiger partial charge in [-0.1, -0.05) is 0 Å². The Bertz CT molecular complexity index is 359. The van der Waals surface area contributed by atoms with Crippen molar-refractivity contribution in [2.45, 2.75) is 0 Å². The van der Waals surface area contributed by atoms with Crippen molar-refractivity contribution < 1.29 is 23.1 Å². The molecule has 0 saturated carbocycles. The highest BCUT2D eigenvalue weighted by Crippen LogP contribution is 2.14. The van der Waals surface area contributed by atoms with Gasteiger partial charge in [0.1, 0.15) is 23.0 Å². The Balaban J connectivity index is 2.98. The summed E-state index contributed by atoms with van der Waals surface area (Å²) >= 11 is 0. The van der Waals surface area contributed by atoms with Crippen LogP contribution in [-0.4, -0.2) is 24.2 Å². The van der Waals surface area contributed by atoms with Crippen LogP contribution in [0.4, 0.5) is 13.2 Å². The van der Waals surface area contributed by atoms with E-state index in [-0.39, 0.29) is 13.2 Å². The lowest BCUT2D eigenvalue weighted by Gasteiger charge is -2.05. The molecule has 0 radical (unpaired) electrons. The van der Waals surface area contributed by atoms with E-state index in [0.717, 1.165) is 0 Å². The molecule has 0 aliphatic carbocycles. The predicted octanol–water partition coefficient (Wildman–Crippen LogP) is 0.826. The van der Waals surface area contributed by atoms with Gasteiger partial charge in [-0.05, 0) is 0 Å². The number of halogens is 3. The Labute approximate surface area is 83.5 Å². The third kappa shape index (κ3) is 2.69. The minimum absolute atomic E-state index is 0.130.